The Morgan fingerprint density at radius 2 is 2.25 bits per heavy atom. The van der Waals surface area contributed by atoms with Crippen LogP contribution in [0.5, 0.6) is 0 Å². The molecule has 0 saturated heterocycles. The van der Waals surface area contributed by atoms with Crippen LogP contribution in [0.2, 0.25) is 5.02 Å². The first-order chi connectivity index (χ1) is 9.52. The van der Waals surface area contributed by atoms with Gasteiger partial charge in [0.25, 0.3) is 0 Å². The predicted molar refractivity (Wildman–Crippen MR) is 80.6 cm³/mol. The molecular weight excluding hydrogens is 277 g/mol. The number of methoxy groups -OCH3 is 1. The maximum atomic E-state index is 13.6. The summed E-state index contributed by atoms with van der Waals surface area (Å²) in [5, 5.41) is 3.88. The van der Waals surface area contributed by atoms with Crippen LogP contribution in [0.15, 0.2) is 18.2 Å². The van der Waals surface area contributed by atoms with E-state index < -0.39 is 0 Å². The van der Waals surface area contributed by atoms with E-state index in [4.69, 9.17) is 16.3 Å². The Balaban J connectivity index is 2.41. The monoisotopic (exact) mass is 299 g/mol. The number of benzene rings is 1. The fraction of sp³-hybridized carbons (Fsp3) is 0.625. The summed E-state index contributed by atoms with van der Waals surface area (Å²) >= 11 is 6.28. The third-order valence-corrected chi connectivity index (χ3v) is 4.83. The maximum absolute atomic E-state index is 13.6. The number of nitrogens with one attached hydrogen (secondary N) is 1. The molecule has 1 fully saturated rings. The van der Waals surface area contributed by atoms with Gasteiger partial charge in [0.2, 0.25) is 0 Å². The topological polar surface area (TPSA) is 21.3 Å². The lowest BCUT2D eigenvalue weighted by atomic mass is 9.72. The summed E-state index contributed by atoms with van der Waals surface area (Å²) in [6, 6.07) is 4.43. The van der Waals surface area contributed by atoms with Crippen molar-refractivity contribution in [1.82, 2.24) is 5.32 Å². The first-order valence-corrected chi connectivity index (χ1v) is 7.57. The Kier molecular flexibility index (Phi) is 5.05. The van der Waals surface area contributed by atoms with Crippen molar-refractivity contribution >= 4 is 11.6 Å². The minimum atomic E-state index is -0.316. The number of halogens is 2. The highest BCUT2D eigenvalue weighted by Gasteiger charge is 2.43. The van der Waals surface area contributed by atoms with Crippen molar-refractivity contribution < 1.29 is 9.13 Å². The average Bonchev–Trinajstić information content (AvgIpc) is 2.43. The van der Waals surface area contributed by atoms with Gasteiger partial charge in [-0.2, -0.15) is 0 Å². The van der Waals surface area contributed by atoms with Crippen LogP contribution < -0.4 is 5.32 Å². The third-order valence-electron chi connectivity index (χ3n) is 4.48. The molecule has 1 aromatic carbocycles. The van der Waals surface area contributed by atoms with Crippen molar-refractivity contribution in [3.05, 3.63) is 34.6 Å². The summed E-state index contributed by atoms with van der Waals surface area (Å²) in [5.74, 6) is 0.339. The molecule has 0 amide bonds. The second kappa shape index (κ2) is 6.42. The molecule has 4 heteroatoms. The molecule has 1 aliphatic carbocycles. The summed E-state index contributed by atoms with van der Waals surface area (Å²) in [5.41, 5.74) is 0.467. The van der Waals surface area contributed by atoms with Gasteiger partial charge in [0, 0.05) is 12.1 Å². The number of rotatable bonds is 4. The molecule has 1 saturated carbocycles. The molecule has 0 aliphatic heterocycles. The molecule has 0 heterocycles. The summed E-state index contributed by atoms with van der Waals surface area (Å²) in [6.07, 6.45) is 4.27. The van der Waals surface area contributed by atoms with E-state index in [0.717, 1.165) is 24.8 Å². The summed E-state index contributed by atoms with van der Waals surface area (Å²) < 4.78 is 19.5. The van der Waals surface area contributed by atoms with E-state index in [-0.39, 0.29) is 17.5 Å². The van der Waals surface area contributed by atoms with Crippen molar-refractivity contribution in [3.8, 4) is 0 Å². The number of ether oxygens (including phenoxy) is 1. The van der Waals surface area contributed by atoms with Crippen LogP contribution in [0, 0.1) is 11.7 Å². The summed E-state index contributed by atoms with van der Waals surface area (Å²) in [7, 11) is 3.63. The maximum Gasteiger partial charge on any atom is 0.123 e. The Hall–Kier alpha value is -0.640. The molecule has 3 unspecified atom stereocenters. The Labute approximate surface area is 125 Å². The van der Waals surface area contributed by atoms with Gasteiger partial charge in [-0.15, -0.1) is 0 Å². The fourth-order valence-electron chi connectivity index (χ4n) is 3.55. The number of hydrogen-bond acceptors (Lipinski definition) is 2. The van der Waals surface area contributed by atoms with Gasteiger partial charge in [-0.3, -0.25) is 0 Å². The zero-order valence-electron chi connectivity index (χ0n) is 12.4. The largest absolute Gasteiger partial charge is 0.376 e. The highest BCUT2D eigenvalue weighted by Crippen LogP contribution is 2.44. The van der Waals surface area contributed by atoms with E-state index >= 15 is 0 Å². The van der Waals surface area contributed by atoms with Gasteiger partial charge >= 0.3 is 0 Å². The van der Waals surface area contributed by atoms with E-state index in [9.17, 15) is 4.39 Å². The van der Waals surface area contributed by atoms with Crippen molar-refractivity contribution in [3.63, 3.8) is 0 Å². The fourth-order valence-corrected chi connectivity index (χ4v) is 3.77. The van der Waals surface area contributed by atoms with Crippen LogP contribution in [-0.2, 0) is 4.74 Å². The predicted octanol–water partition coefficient (Wildman–Crippen LogP) is 4.33. The van der Waals surface area contributed by atoms with Crippen LogP contribution in [0.4, 0.5) is 4.39 Å². The van der Waals surface area contributed by atoms with Crippen LogP contribution in [-0.4, -0.2) is 19.8 Å². The lowest BCUT2D eigenvalue weighted by Gasteiger charge is -2.45. The molecule has 1 aliphatic rings. The van der Waals surface area contributed by atoms with Crippen LogP contribution in [0.3, 0.4) is 0 Å². The van der Waals surface area contributed by atoms with Crippen molar-refractivity contribution in [2.24, 2.45) is 5.92 Å². The minimum absolute atomic E-state index is 0.0987. The van der Waals surface area contributed by atoms with Crippen LogP contribution >= 0.6 is 11.6 Å². The Bertz CT molecular complexity index is 468. The normalized spacial score (nSPS) is 28.4. The number of likely N-dealkylation sites (N-methyl/N-ethyl adjacent to an activating group) is 1. The van der Waals surface area contributed by atoms with Gasteiger partial charge in [-0.05, 0) is 49.6 Å². The standard InChI is InChI=1S/C16H23ClFNO/c1-11-5-4-8-16(10-11,20-3)15(19-2)13-9-12(18)6-7-14(13)17/h6-7,9,11,15,19H,4-5,8,10H2,1-3H3. The van der Waals surface area contributed by atoms with E-state index in [1.807, 2.05) is 7.05 Å². The van der Waals surface area contributed by atoms with Gasteiger partial charge in [0.15, 0.2) is 0 Å². The van der Waals surface area contributed by atoms with Gasteiger partial charge < -0.3 is 10.1 Å². The quantitative estimate of drug-likeness (QED) is 0.893. The summed E-state index contributed by atoms with van der Waals surface area (Å²) in [4.78, 5) is 0. The molecule has 2 nitrogen and oxygen atoms in total. The zero-order valence-corrected chi connectivity index (χ0v) is 13.1. The van der Waals surface area contributed by atoms with E-state index in [2.05, 4.69) is 12.2 Å². The molecule has 0 bridgehead atoms. The molecule has 2 rings (SSSR count). The Morgan fingerprint density at radius 1 is 1.50 bits per heavy atom. The molecule has 1 N–H and O–H groups in total. The average molecular weight is 300 g/mol. The molecule has 1 aromatic rings. The number of hydrogen-bond donors (Lipinski definition) is 1. The van der Waals surface area contributed by atoms with Gasteiger partial charge in [0.1, 0.15) is 5.82 Å². The van der Waals surface area contributed by atoms with Gasteiger partial charge in [-0.1, -0.05) is 31.4 Å². The van der Waals surface area contributed by atoms with Crippen LogP contribution in [0.1, 0.15) is 44.2 Å². The van der Waals surface area contributed by atoms with E-state index in [1.165, 1.54) is 18.6 Å². The second-order valence-corrected chi connectivity index (χ2v) is 6.27. The van der Waals surface area contributed by atoms with Crippen molar-refractivity contribution in [2.45, 2.75) is 44.2 Å². The minimum Gasteiger partial charge on any atom is -0.376 e. The smallest absolute Gasteiger partial charge is 0.123 e. The molecule has 3 atom stereocenters. The van der Waals surface area contributed by atoms with E-state index in [0.29, 0.717) is 10.9 Å². The summed E-state index contributed by atoms with van der Waals surface area (Å²) in [6.45, 7) is 2.24. The molecular formula is C16H23ClFNO. The lowest BCUT2D eigenvalue weighted by Crippen LogP contribution is -2.47. The van der Waals surface area contributed by atoms with Crippen LogP contribution in [0.25, 0.3) is 0 Å². The Morgan fingerprint density at radius 3 is 2.85 bits per heavy atom. The van der Waals surface area contributed by atoms with Gasteiger partial charge in [0.05, 0.1) is 11.6 Å². The zero-order chi connectivity index (χ0) is 14.8. The first-order valence-electron chi connectivity index (χ1n) is 7.20. The molecule has 0 spiro atoms. The van der Waals surface area contributed by atoms with E-state index in [1.54, 1.807) is 13.2 Å². The molecule has 0 aromatic heterocycles. The highest BCUT2D eigenvalue weighted by atomic mass is 35.5. The van der Waals surface area contributed by atoms with Crippen molar-refractivity contribution in [2.75, 3.05) is 14.2 Å². The second-order valence-electron chi connectivity index (χ2n) is 5.86. The highest BCUT2D eigenvalue weighted by molar-refractivity contribution is 6.31. The SMILES string of the molecule is CNC(c1cc(F)ccc1Cl)C1(OC)CCCC(C)C1. The third kappa shape index (κ3) is 3.00. The lowest BCUT2D eigenvalue weighted by molar-refractivity contribution is -0.0790. The van der Waals surface area contributed by atoms with Gasteiger partial charge in [-0.25, -0.2) is 4.39 Å². The molecule has 20 heavy (non-hydrogen) atoms. The molecule has 112 valence electrons. The first kappa shape index (κ1) is 15.7. The van der Waals surface area contributed by atoms with Crippen molar-refractivity contribution in [1.29, 1.82) is 0 Å². The molecule has 0 radical (unpaired) electrons.